The van der Waals surface area contributed by atoms with Crippen LogP contribution in [0.2, 0.25) is 0 Å². The molecule has 1 saturated heterocycles. The van der Waals surface area contributed by atoms with Crippen molar-refractivity contribution in [2.24, 2.45) is 45.3 Å². The fraction of sp³-hybridized carbons (Fsp3) is 0.875. The monoisotopic (exact) mass is 530 g/mol. The smallest absolute Gasteiger partial charge is 0.302 e. The van der Waals surface area contributed by atoms with E-state index in [1.807, 2.05) is 0 Å². The summed E-state index contributed by atoms with van der Waals surface area (Å²) in [7, 11) is 0. The first kappa shape index (κ1) is 28.3. The summed E-state index contributed by atoms with van der Waals surface area (Å²) >= 11 is 0. The average Bonchev–Trinajstić information content (AvgIpc) is 3.15. The minimum absolute atomic E-state index is 0.00708. The van der Waals surface area contributed by atoms with Crippen molar-refractivity contribution in [3.8, 4) is 0 Å². The molecule has 5 rings (SSSR count). The molecule has 1 heterocycles. The minimum atomic E-state index is -1.08. The van der Waals surface area contributed by atoms with E-state index >= 15 is 0 Å². The third kappa shape index (κ3) is 3.90. The maximum Gasteiger partial charge on any atom is 0.302 e. The van der Waals surface area contributed by atoms with E-state index in [2.05, 4.69) is 40.7 Å². The molecule has 0 aromatic heterocycles. The average molecular weight is 531 g/mol. The molecule has 38 heavy (non-hydrogen) atoms. The Labute approximate surface area is 228 Å². The number of Topliss-reactive ketones (excluding diaryl/α,β-unsaturated/α-hetero) is 1. The summed E-state index contributed by atoms with van der Waals surface area (Å²) in [6, 6.07) is 0. The molecule has 3 saturated carbocycles. The van der Waals surface area contributed by atoms with E-state index in [4.69, 9.17) is 9.47 Å². The molecular weight excluding hydrogens is 480 g/mol. The Morgan fingerprint density at radius 2 is 1.79 bits per heavy atom. The molecular formula is C32H50O6. The number of allylic oxidation sites excluding steroid dienone is 1. The van der Waals surface area contributed by atoms with Gasteiger partial charge >= 0.3 is 5.97 Å². The summed E-state index contributed by atoms with van der Waals surface area (Å²) in [6.45, 7) is 16.8. The molecule has 6 heteroatoms. The number of esters is 1. The number of hydrogen-bond donors (Lipinski definition) is 2. The summed E-state index contributed by atoms with van der Waals surface area (Å²) in [5, 5.41) is 21.4. The molecule has 0 bridgehead atoms. The third-order valence-electron chi connectivity index (χ3n) is 12.4. The van der Waals surface area contributed by atoms with Crippen LogP contribution in [0.25, 0.3) is 0 Å². The van der Waals surface area contributed by atoms with Crippen molar-refractivity contribution < 1.29 is 29.3 Å². The van der Waals surface area contributed by atoms with Crippen molar-refractivity contribution in [1.29, 1.82) is 0 Å². The number of carbonyl (C=O) groups excluding carboxylic acids is 2. The Morgan fingerprint density at radius 3 is 2.39 bits per heavy atom. The lowest BCUT2D eigenvalue weighted by atomic mass is 9.37. The van der Waals surface area contributed by atoms with Gasteiger partial charge in [-0.05, 0) is 86.9 Å². The molecule has 0 aromatic carbocycles. The Balaban J connectivity index is 1.49. The number of rotatable bonds is 3. The van der Waals surface area contributed by atoms with Gasteiger partial charge in [0.2, 0.25) is 0 Å². The predicted octanol–water partition coefficient (Wildman–Crippen LogP) is 5.24. The highest BCUT2D eigenvalue weighted by atomic mass is 16.5. The molecule has 0 radical (unpaired) electrons. The Kier molecular flexibility index (Phi) is 6.61. The lowest BCUT2D eigenvalue weighted by Gasteiger charge is -2.68. The number of ether oxygens (including phenoxy) is 2. The zero-order chi connectivity index (χ0) is 28.1. The maximum absolute atomic E-state index is 13.1. The molecule has 0 amide bonds. The van der Waals surface area contributed by atoms with Gasteiger partial charge in [-0.15, -0.1) is 0 Å². The van der Waals surface area contributed by atoms with Crippen LogP contribution in [0.3, 0.4) is 0 Å². The van der Waals surface area contributed by atoms with Crippen LogP contribution in [0, 0.1) is 45.3 Å². The number of hydrogen-bond acceptors (Lipinski definition) is 6. The van der Waals surface area contributed by atoms with Crippen LogP contribution < -0.4 is 0 Å². The van der Waals surface area contributed by atoms with Gasteiger partial charge in [-0.3, -0.25) is 9.59 Å². The van der Waals surface area contributed by atoms with Crippen LogP contribution in [-0.4, -0.2) is 52.5 Å². The molecule has 1 aliphatic heterocycles. The topological polar surface area (TPSA) is 93.1 Å². The molecule has 3 unspecified atom stereocenters. The maximum atomic E-state index is 13.1. The van der Waals surface area contributed by atoms with Crippen molar-refractivity contribution in [3.63, 3.8) is 0 Å². The second kappa shape index (κ2) is 8.88. The molecule has 4 fully saturated rings. The van der Waals surface area contributed by atoms with Crippen molar-refractivity contribution in [1.82, 2.24) is 0 Å². The molecule has 10 atom stereocenters. The lowest BCUT2D eigenvalue weighted by molar-refractivity contribution is -0.208. The molecule has 2 N–H and O–H groups in total. The predicted molar refractivity (Wildman–Crippen MR) is 145 cm³/mol. The number of aliphatic hydroxyl groups is 2. The van der Waals surface area contributed by atoms with E-state index in [0.717, 1.165) is 32.1 Å². The number of fused-ring (bicyclic) bond motifs is 5. The first-order chi connectivity index (χ1) is 17.5. The summed E-state index contributed by atoms with van der Waals surface area (Å²) in [5.74, 6) is 1.14. The van der Waals surface area contributed by atoms with Gasteiger partial charge < -0.3 is 19.7 Å². The highest BCUT2D eigenvalue weighted by molar-refractivity contribution is 5.85. The van der Waals surface area contributed by atoms with Gasteiger partial charge in [0.1, 0.15) is 18.0 Å². The SMILES string of the molecule is CC(=O)O[C@@H]1CC2C(C)(C)C(=O)CC[C@]2(C)C2CC[C@]3(C)C(=CC[C@H]3C3CO[C@@H](C(C)(C)O)[C@H](O)C3)[C@@]21C. The Hall–Kier alpha value is -1.24. The van der Waals surface area contributed by atoms with Crippen molar-refractivity contribution in [2.45, 2.75) is 124 Å². The fourth-order valence-corrected chi connectivity index (χ4v) is 10.7. The van der Waals surface area contributed by atoms with Gasteiger partial charge in [0.25, 0.3) is 0 Å². The standard InChI is InChI=1S/C32H50O6/c1-18(33)38-26-16-24-28(2,3)25(35)12-14-31(24,7)23-11-13-30(6)20(9-10-22(30)32(23,26)8)19-15-21(34)27(37-17-19)29(4,5)36/h10,19-21,23-24,26-27,34,36H,9,11-17H2,1-8H3/t19?,20-,21+,23?,24?,26+,27+,30-,31+,32-/m0/s1. The zero-order valence-corrected chi connectivity index (χ0v) is 24.8. The third-order valence-corrected chi connectivity index (χ3v) is 12.4. The molecule has 6 nitrogen and oxygen atoms in total. The quantitative estimate of drug-likeness (QED) is 0.383. The normalized spacial score (nSPS) is 48.4. The second-order valence-corrected chi connectivity index (χ2v) is 15.3. The van der Waals surface area contributed by atoms with Crippen molar-refractivity contribution in [2.75, 3.05) is 6.61 Å². The summed E-state index contributed by atoms with van der Waals surface area (Å²) < 4.78 is 12.3. The molecule has 0 aromatic rings. The highest BCUT2D eigenvalue weighted by Crippen LogP contribution is 2.73. The van der Waals surface area contributed by atoms with E-state index in [0.29, 0.717) is 37.1 Å². The van der Waals surface area contributed by atoms with Gasteiger partial charge in [-0.2, -0.15) is 0 Å². The van der Waals surface area contributed by atoms with E-state index < -0.39 is 23.2 Å². The molecule has 214 valence electrons. The van der Waals surface area contributed by atoms with Crippen LogP contribution in [0.5, 0.6) is 0 Å². The van der Waals surface area contributed by atoms with Gasteiger partial charge in [0.05, 0.1) is 18.3 Å². The molecule has 4 aliphatic carbocycles. The lowest BCUT2D eigenvalue weighted by Crippen LogP contribution is -2.65. The summed E-state index contributed by atoms with van der Waals surface area (Å²) in [4.78, 5) is 25.5. The van der Waals surface area contributed by atoms with E-state index in [9.17, 15) is 19.8 Å². The van der Waals surface area contributed by atoms with Crippen LogP contribution in [-0.2, 0) is 19.1 Å². The molecule has 5 aliphatic rings. The Bertz CT molecular complexity index is 1020. The van der Waals surface area contributed by atoms with Crippen LogP contribution in [0.4, 0.5) is 0 Å². The summed E-state index contributed by atoms with van der Waals surface area (Å²) in [6.07, 6.45) is 6.80. The number of ketones is 1. The molecule has 0 spiro atoms. The number of aliphatic hydroxyl groups excluding tert-OH is 1. The second-order valence-electron chi connectivity index (χ2n) is 15.3. The van der Waals surface area contributed by atoms with E-state index in [1.165, 1.54) is 12.5 Å². The minimum Gasteiger partial charge on any atom is -0.462 e. The van der Waals surface area contributed by atoms with E-state index in [-0.39, 0.29) is 40.2 Å². The van der Waals surface area contributed by atoms with E-state index in [1.54, 1.807) is 13.8 Å². The highest BCUT2D eigenvalue weighted by Gasteiger charge is 2.69. The largest absolute Gasteiger partial charge is 0.462 e. The van der Waals surface area contributed by atoms with Crippen LogP contribution >= 0.6 is 0 Å². The fourth-order valence-electron chi connectivity index (χ4n) is 10.7. The van der Waals surface area contributed by atoms with Gasteiger partial charge in [0, 0.05) is 24.2 Å². The first-order valence-corrected chi connectivity index (χ1v) is 14.9. The van der Waals surface area contributed by atoms with Gasteiger partial charge in [-0.25, -0.2) is 0 Å². The summed E-state index contributed by atoms with van der Waals surface area (Å²) in [5.41, 5.74) is -0.439. The van der Waals surface area contributed by atoms with Gasteiger partial charge in [-0.1, -0.05) is 46.3 Å². The Morgan fingerprint density at radius 1 is 1.11 bits per heavy atom. The first-order valence-electron chi connectivity index (χ1n) is 14.9. The van der Waals surface area contributed by atoms with Crippen LogP contribution in [0.1, 0.15) is 100 Å². The van der Waals surface area contributed by atoms with Crippen LogP contribution in [0.15, 0.2) is 11.6 Å². The van der Waals surface area contributed by atoms with Crippen molar-refractivity contribution in [3.05, 3.63) is 11.6 Å². The van der Waals surface area contributed by atoms with Gasteiger partial charge in [0.15, 0.2) is 0 Å². The van der Waals surface area contributed by atoms with Crippen molar-refractivity contribution >= 4 is 11.8 Å². The zero-order valence-electron chi connectivity index (χ0n) is 24.8. The number of carbonyl (C=O) groups is 2.